The summed E-state index contributed by atoms with van der Waals surface area (Å²) < 4.78 is 0. The van der Waals surface area contributed by atoms with Crippen LogP contribution in [0.4, 0.5) is 0 Å². The number of carboxylic acids is 1. The highest BCUT2D eigenvalue weighted by molar-refractivity contribution is 5.95. The van der Waals surface area contributed by atoms with E-state index in [1.54, 1.807) is 0 Å². The quantitative estimate of drug-likeness (QED) is 0.681. The number of nitrogens with two attached hydrogens (primary N) is 1. The number of primary amides is 1. The molecule has 0 aliphatic rings. The Morgan fingerprint density at radius 1 is 1.33 bits per heavy atom. The van der Waals surface area contributed by atoms with Crippen molar-refractivity contribution in [1.82, 2.24) is 10.3 Å². The number of pyridine rings is 1. The second-order valence-electron chi connectivity index (χ2n) is 5.17. The first-order valence-electron chi connectivity index (χ1n) is 6.58. The molecule has 1 aromatic rings. The van der Waals surface area contributed by atoms with E-state index in [-0.39, 0.29) is 23.7 Å². The Hall–Kier alpha value is -2.44. The lowest BCUT2D eigenvalue weighted by atomic mass is 9.97. The fraction of sp³-hybridized carbons (Fsp3) is 0.429. The van der Waals surface area contributed by atoms with Crippen LogP contribution in [0.25, 0.3) is 0 Å². The first-order chi connectivity index (χ1) is 9.81. The summed E-state index contributed by atoms with van der Waals surface area (Å²) in [4.78, 5) is 37.7. The molecule has 0 radical (unpaired) electrons. The number of carboxylic acid groups (broad SMARTS) is 1. The summed E-state index contributed by atoms with van der Waals surface area (Å²) in [7, 11) is 0. The zero-order chi connectivity index (χ0) is 16.0. The molecule has 0 bridgehead atoms. The summed E-state index contributed by atoms with van der Waals surface area (Å²) in [5.41, 5.74) is 5.38. The van der Waals surface area contributed by atoms with Gasteiger partial charge in [-0.25, -0.2) is 0 Å². The highest BCUT2D eigenvalue weighted by Gasteiger charge is 2.20. The summed E-state index contributed by atoms with van der Waals surface area (Å²) in [5, 5.41) is 11.6. The minimum Gasteiger partial charge on any atom is -0.481 e. The van der Waals surface area contributed by atoms with Crippen molar-refractivity contribution in [3.8, 4) is 0 Å². The molecule has 2 amide bonds. The van der Waals surface area contributed by atoms with E-state index in [0.717, 1.165) is 0 Å². The summed E-state index contributed by atoms with van der Waals surface area (Å²) in [6, 6.07) is 2.76. The molecule has 0 aliphatic carbocycles. The topological polar surface area (TPSA) is 122 Å². The molecule has 0 saturated carbocycles. The molecule has 1 rings (SSSR count). The number of carbonyl (C=O) groups is 3. The fourth-order valence-corrected chi connectivity index (χ4v) is 1.82. The predicted molar refractivity (Wildman–Crippen MR) is 75.7 cm³/mol. The highest BCUT2D eigenvalue weighted by atomic mass is 16.4. The normalized spacial score (nSPS) is 12.0. The molecule has 1 unspecified atom stereocenters. The minimum atomic E-state index is -0.943. The largest absolute Gasteiger partial charge is 0.481 e. The third-order valence-electron chi connectivity index (χ3n) is 2.89. The minimum absolute atomic E-state index is 0.0333. The van der Waals surface area contributed by atoms with Gasteiger partial charge in [0, 0.05) is 12.7 Å². The average molecular weight is 293 g/mol. The molecule has 7 nitrogen and oxygen atoms in total. The van der Waals surface area contributed by atoms with Gasteiger partial charge in [-0.15, -0.1) is 0 Å². The van der Waals surface area contributed by atoms with Gasteiger partial charge in [0.15, 0.2) is 0 Å². The Bertz CT molecular complexity index is 526. The van der Waals surface area contributed by atoms with E-state index < -0.39 is 23.7 Å². The maximum absolute atomic E-state index is 11.9. The maximum atomic E-state index is 11.9. The predicted octanol–water partition coefficient (Wildman–Crippen LogP) is 0.657. The zero-order valence-corrected chi connectivity index (χ0v) is 12.0. The van der Waals surface area contributed by atoms with Gasteiger partial charge in [0.2, 0.25) is 5.91 Å². The SMILES string of the molecule is CC(C)CC(CNC(=O)c1ccc(C(N)=O)cn1)C(=O)O. The van der Waals surface area contributed by atoms with Crippen molar-refractivity contribution < 1.29 is 19.5 Å². The van der Waals surface area contributed by atoms with Crippen molar-refractivity contribution in [3.05, 3.63) is 29.6 Å². The van der Waals surface area contributed by atoms with Gasteiger partial charge in [0.25, 0.3) is 5.91 Å². The Balaban J connectivity index is 2.63. The number of amides is 2. The van der Waals surface area contributed by atoms with Gasteiger partial charge in [-0.05, 0) is 24.5 Å². The smallest absolute Gasteiger partial charge is 0.308 e. The van der Waals surface area contributed by atoms with Crippen molar-refractivity contribution in [3.63, 3.8) is 0 Å². The van der Waals surface area contributed by atoms with E-state index in [2.05, 4.69) is 10.3 Å². The average Bonchev–Trinajstić information content (AvgIpc) is 2.42. The lowest BCUT2D eigenvalue weighted by molar-refractivity contribution is -0.142. The number of nitrogens with one attached hydrogen (secondary N) is 1. The Labute approximate surface area is 122 Å². The van der Waals surface area contributed by atoms with Crippen LogP contribution in [0.5, 0.6) is 0 Å². The van der Waals surface area contributed by atoms with Crippen molar-refractivity contribution in [2.24, 2.45) is 17.6 Å². The van der Waals surface area contributed by atoms with E-state index in [0.29, 0.717) is 6.42 Å². The monoisotopic (exact) mass is 293 g/mol. The molecule has 1 aromatic heterocycles. The van der Waals surface area contributed by atoms with Gasteiger partial charge >= 0.3 is 5.97 Å². The third kappa shape index (κ3) is 5.21. The molecule has 0 saturated heterocycles. The first kappa shape index (κ1) is 16.6. The van der Waals surface area contributed by atoms with Crippen LogP contribution in [0.1, 0.15) is 41.1 Å². The maximum Gasteiger partial charge on any atom is 0.308 e. The van der Waals surface area contributed by atoms with Crippen LogP contribution in [0.15, 0.2) is 18.3 Å². The first-order valence-corrected chi connectivity index (χ1v) is 6.58. The number of nitrogens with zero attached hydrogens (tertiary/aromatic N) is 1. The molecule has 21 heavy (non-hydrogen) atoms. The van der Waals surface area contributed by atoms with Gasteiger partial charge in [-0.3, -0.25) is 19.4 Å². The van der Waals surface area contributed by atoms with Crippen LogP contribution in [-0.4, -0.2) is 34.4 Å². The van der Waals surface area contributed by atoms with Crippen molar-refractivity contribution in [2.75, 3.05) is 6.54 Å². The molecule has 4 N–H and O–H groups in total. The lowest BCUT2D eigenvalue weighted by Crippen LogP contribution is -2.34. The van der Waals surface area contributed by atoms with Crippen LogP contribution >= 0.6 is 0 Å². The molecular weight excluding hydrogens is 274 g/mol. The standard InChI is InChI=1S/C14H19N3O4/c1-8(2)5-10(14(20)21)7-17-13(19)11-4-3-9(6-16-11)12(15)18/h3-4,6,8,10H,5,7H2,1-2H3,(H2,15,18)(H,17,19)(H,20,21). The van der Waals surface area contributed by atoms with Crippen LogP contribution in [0, 0.1) is 11.8 Å². The van der Waals surface area contributed by atoms with Crippen LogP contribution < -0.4 is 11.1 Å². The molecule has 1 heterocycles. The molecule has 0 aliphatic heterocycles. The van der Waals surface area contributed by atoms with Crippen LogP contribution in [-0.2, 0) is 4.79 Å². The van der Waals surface area contributed by atoms with Gasteiger partial charge in [0.1, 0.15) is 5.69 Å². The van der Waals surface area contributed by atoms with Crippen molar-refractivity contribution in [2.45, 2.75) is 20.3 Å². The number of hydrogen-bond acceptors (Lipinski definition) is 4. The molecule has 1 atom stereocenters. The second-order valence-corrected chi connectivity index (χ2v) is 5.17. The van der Waals surface area contributed by atoms with E-state index in [1.807, 2.05) is 13.8 Å². The Morgan fingerprint density at radius 2 is 2.00 bits per heavy atom. The molecule has 114 valence electrons. The van der Waals surface area contributed by atoms with E-state index in [1.165, 1.54) is 18.3 Å². The van der Waals surface area contributed by atoms with Gasteiger partial charge in [-0.1, -0.05) is 13.8 Å². The molecule has 0 spiro atoms. The number of hydrogen-bond donors (Lipinski definition) is 3. The molecule has 0 aromatic carbocycles. The third-order valence-corrected chi connectivity index (χ3v) is 2.89. The van der Waals surface area contributed by atoms with Crippen LogP contribution in [0.2, 0.25) is 0 Å². The van der Waals surface area contributed by atoms with E-state index in [4.69, 9.17) is 10.8 Å². The van der Waals surface area contributed by atoms with Crippen molar-refractivity contribution >= 4 is 17.8 Å². The fourth-order valence-electron chi connectivity index (χ4n) is 1.82. The van der Waals surface area contributed by atoms with Crippen molar-refractivity contribution in [1.29, 1.82) is 0 Å². The number of aromatic nitrogens is 1. The summed E-state index contributed by atoms with van der Waals surface area (Å²) in [5.74, 6) is -2.48. The Morgan fingerprint density at radius 3 is 2.43 bits per heavy atom. The summed E-state index contributed by atoms with van der Waals surface area (Å²) in [6.45, 7) is 3.87. The van der Waals surface area contributed by atoms with E-state index in [9.17, 15) is 14.4 Å². The number of carbonyl (C=O) groups excluding carboxylic acids is 2. The molecule has 7 heteroatoms. The Kier molecular flexibility index (Phi) is 5.83. The highest BCUT2D eigenvalue weighted by Crippen LogP contribution is 2.11. The summed E-state index contributed by atoms with van der Waals surface area (Å²) in [6.07, 6.45) is 1.68. The van der Waals surface area contributed by atoms with Gasteiger partial charge in [0.05, 0.1) is 11.5 Å². The van der Waals surface area contributed by atoms with Gasteiger partial charge in [-0.2, -0.15) is 0 Å². The zero-order valence-electron chi connectivity index (χ0n) is 12.0. The molecule has 0 fully saturated rings. The summed E-state index contributed by atoms with van der Waals surface area (Å²) >= 11 is 0. The lowest BCUT2D eigenvalue weighted by Gasteiger charge is -2.15. The van der Waals surface area contributed by atoms with E-state index >= 15 is 0 Å². The number of aliphatic carboxylic acids is 1. The number of rotatable bonds is 7. The van der Waals surface area contributed by atoms with Gasteiger partial charge < -0.3 is 16.2 Å². The molecular formula is C14H19N3O4. The second kappa shape index (κ2) is 7.37. The van der Waals surface area contributed by atoms with Crippen LogP contribution in [0.3, 0.4) is 0 Å².